The second-order valence-corrected chi connectivity index (χ2v) is 4.21. The summed E-state index contributed by atoms with van der Waals surface area (Å²) in [5.74, 6) is -0.347. The summed E-state index contributed by atoms with van der Waals surface area (Å²) in [5, 5.41) is 4.52. The van der Waals surface area contributed by atoms with E-state index >= 15 is 0 Å². The van der Waals surface area contributed by atoms with E-state index in [2.05, 4.69) is 10.6 Å². The van der Waals surface area contributed by atoms with Crippen molar-refractivity contribution in [3.05, 3.63) is 23.2 Å². The van der Waals surface area contributed by atoms with Crippen LogP contribution in [0, 0.1) is 13.8 Å². The highest BCUT2D eigenvalue weighted by atomic mass is 16.5. The molecule has 7 heteroatoms. The van der Waals surface area contributed by atoms with Crippen LogP contribution in [0.3, 0.4) is 0 Å². The lowest BCUT2D eigenvalue weighted by molar-refractivity contribution is -0.123. The van der Waals surface area contributed by atoms with Gasteiger partial charge in [-0.1, -0.05) is 6.92 Å². The molecule has 0 aliphatic heterocycles. The van der Waals surface area contributed by atoms with Gasteiger partial charge in [0.05, 0.1) is 0 Å². The fraction of sp³-hybridized carbons (Fsp3) is 0.462. The first-order valence-electron chi connectivity index (χ1n) is 6.25. The molecule has 0 aliphatic carbocycles. The summed E-state index contributed by atoms with van der Waals surface area (Å²) in [4.78, 5) is 34.2. The van der Waals surface area contributed by atoms with Crippen LogP contribution in [-0.4, -0.2) is 31.1 Å². The molecule has 0 radical (unpaired) electrons. The van der Waals surface area contributed by atoms with Gasteiger partial charge < -0.3 is 14.5 Å². The highest BCUT2D eigenvalue weighted by molar-refractivity contribution is 5.97. The summed E-state index contributed by atoms with van der Waals surface area (Å²) >= 11 is 0. The van der Waals surface area contributed by atoms with Crippen molar-refractivity contribution in [2.45, 2.75) is 27.2 Å². The Labute approximate surface area is 116 Å². The smallest absolute Gasteiger partial charge is 0.342 e. The van der Waals surface area contributed by atoms with E-state index in [0.29, 0.717) is 18.1 Å². The Bertz CT molecular complexity index is 507. The molecule has 1 heterocycles. The third-order valence-corrected chi connectivity index (χ3v) is 2.38. The Kier molecular flexibility index (Phi) is 5.76. The van der Waals surface area contributed by atoms with Crippen molar-refractivity contribution in [1.82, 2.24) is 10.6 Å². The lowest BCUT2D eigenvalue weighted by Gasteiger charge is -2.06. The first kappa shape index (κ1) is 15.7. The second kappa shape index (κ2) is 7.32. The molecule has 0 unspecified atom stereocenters. The second-order valence-electron chi connectivity index (χ2n) is 4.21. The van der Waals surface area contributed by atoms with E-state index in [-0.39, 0.29) is 5.56 Å². The van der Waals surface area contributed by atoms with Gasteiger partial charge in [0.1, 0.15) is 17.1 Å². The fourth-order valence-electron chi connectivity index (χ4n) is 1.49. The van der Waals surface area contributed by atoms with Crippen LogP contribution in [0.5, 0.6) is 0 Å². The molecule has 1 aromatic heterocycles. The summed E-state index contributed by atoms with van der Waals surface area (Å²) in [6, 6.07) is 0.923. The number of urea groups is 1. The predicted octanol–water partition coefficient (Wildman–Crippen LogP) is 1.29. The van der Waals surface area contributed by atoms with E-state index in [4.69, 9.17) is 9.15 Å². The number of esters is 1. The molecule has 0 atom stereocenters. The van der Waals surface area contributed by atoms with Gasteiger partial charge in [0, 0.05) is 6.54 Å². The Morgan fingerprint density at radius 1 is 1.30 bits per heavy atom. The number of ether oxygens (including phenoxy) is 1. The highest BCUT2D eigenvalue weighted by Gasteiger charge is 2.16. The van der Waals surface area contributed by atoms with Crippen molar-refractivity contribution in [2.75, 3.05) is 13.2 Å². The van der Waals surface area contributed by atoms with Crippen molar-refractivity contribution in [3.8, 4) is 0 Å². The van der Waals surface area contributed by atoms with Crippen molar-refractivity contribution >= 4 is 17.9 Å². The van der Waals surface area contributed by atoms with E-state index in [1.54, 1.807) is 13.8 Å². The molecular formula is C13H18N2O5. The average molecular weight is 282 g/mol. The number of aryl methyl sites for hydroxylation is 2. The van der Waals surface area contributed by atoms with Gasteiger partial charge in [0.25, 0.3) is 5.91 Å². The molecule has 7 nitrogen and oxygen atoms in total. The summed E-state index contributed by atoms with van der Waals surface area (Å²) < 4.78 is 9.98. The number of amides is 3. The minimum absolute atomic E-state index is 0.269. The quantitative estimate of drug-likeness (QED) is 0.793. The molecule has 0 bridgehead atoms. The normalized spacial score (nSPS) is 9.95. The van der Waals surface area contributed by atoms with Gasteiger partial charge in [-0.2, -0.15) is 0 Å². The van der Waals surface area contributed by atoms with Crippen molar-refractivity contribution in [1.29, 1.82) is 0 Å². The molecule has 0 spiro atoms. The topological polar surface area (TPSA) is 97.6 Å². The Balaban J connectivity index is 2.39. The van der Waals surface area contributed by atoms with E-state index in [1.165, 1.54) is 6.07 Å². The number of imide groups is 1. The minimum atomic E-state index is -0.690. The van der Waals surface area contributed by atoms with E-state index < -0.39 is 24.5 Å². The molecule has 0 saturated carbocycles. The molecular weight excluding hydrogens is 264 g/mol. The van der Waals surface area contributed by atoms with Crippen LogP contribution in [0.4, 0.5) is 4.79 Å². The molecule has 1 rings (SSSR count). The Morgan fingerprint density at radius 3 is 2.55 bits per heavy atom. The van der Waals surface area contributed by atoms with Gasteiger partial charge in [-0.25, -0.2) is 9.59 Å². The third kappa shape index (κ3) is 4.75. The predicted molar refractivity (Wildman–Crippen MR) is 70.3 cm³/mol. The van der Waals surface area contributed by atoms with Gasteiger partial charge in [0.15, 0.2) is 6.61 Å². The van der Waals surface area contributed by atoms with Crippen LogP contribution in [0.15, 0.2) is 10.5 Å². The maximum absolute atomic E-state index is 11.7. The van der Waals surface area contributed by atoms with Gasteiger partial charge in [-0.15, -0.1) is 0 Å². The SMILES string of the molecule is CCCNC(=O)NC(=O)COC(=O)c1cc(C)oc1C. The van der Waals surface area contributed by atoms with Crippen LogP contribution in [0.2, 0.25) is 0 Å². The van der Waals surface area contributed by atoms with Crippen LogP contribution < -0.4 is 10.6 Å². The molecule has 3 amide bonds. The monoisotopic (exact) mass is 282 g/mol. The lowest BCUT2D eigenvalue weighted by Crippen LogP contribution is -2.41. The number of carbonyl (C=O) groups excluding carboxylic acids is 3. The van der Waals surface area contributed by atoms with Gasteiger partial charge in [-0.3, -0.25) is 10.1 Å². The third-order valence-electron chi connectivity index (χ3n) is 2.38. The van der Waals surface area contributed by atoms with Gasteiger partial charge in [0.2, 0.25) is 0 Å². The largest absolute Gasteiger partial charge is 0.466 e. The van der Waals surface area contributed by atoms with E-state index in [1.807, 2.05) is 6.92 Å². The number of furan rings is 1. The first-order valence-corrected chi connectivity index (χ1v) is 6.25. The van der Waals surface area contributed by atoms with Crippen LogP contribution in [-0.2, 0) is 9.53 Å². The van der Waals surface area contributed by atoms with Gasteiger partial charge in [-0.05, 0) is 26.3 Å². The molecule has 20 heavy (non-hydrogen) atoms. The molecule has 0 aromatic carbocycles. The standard InChI is InChI=1S/C13H18N2O5/c1-4-5-14-13(18)15-11(16)7-19-12(17)10-6-8(2)20-9(10)3/h6H,4-5,7H2,1-3H3,(H2,14,15,16,18). The number of hydrogen-bond acceptors (Lipinski definition) is 5. The van der Waals surface area contributed by atoms with Crippen molar-refractivity contribution < 1.29 is 23.5 Å². The summed E-state index contributed by atoms with van der Waals surface area (Å²) in [5.41, 5.74) is 0.269. The first-order chi connectivity index (χ1) is 9.43. The summed E-state index contributed by atoms with van der Waals surface area (Å²) in [6.45, 7) is 5.16. The number of carbonyl (C=O) groups is 3. The Morgan fingerprint density at radius 2 is 2.00 bits per heavy atom. The highest BCUT2D eigenvalue weighted by Crippen LogP contribution is 2.14. The molecule has 0 saturated heterocycles. The lowest BCUT2D eigenvalue weighted by atomic mass is 10.2. The fourth-order valence-corrected chi connectivity index (χ4v) is 1.49. The molecule has 0 fully saturated rings. The van der Waals surface area contributed by atoms with Crippen LogP contribution in [0.1, 0.15) is 35.2 Å². The molecule has 2 N–H and O–H groups in total. The summed E-state index contributed by atoms with van der Waals surface area (Å²) in [7, 11) is 0. The van der Waals surface area contributed by atoms with Crippen LogP contribution in [0.25, 0.3) is 0 Å². The average Bonchev–Trinajstić information content (AvgIpc) is 2.72. The zero-order valence-electron chi connectivity index (χ0n) is 11.7. The molecule has 110 valence electrons. The van der Waals surface area contributed by atoms with E-state index in [9.17, 15) is 14.4 Å². The zero-order valence-corrected chi connectivity index (χ0v) is 11.7. The maximum atomic E-state index is 11.7. The maximum Gasteiger partial charge on any atom is 0.342 e. The van der Waals surface area contributed by atoms with Crippen molar-refractivity contribution in [3.63, 3.8) is 0 Å². The number of nitrogens with one attached hydrogen (secondary N) is 2. The molecule has 1 aromatic rings. The summed E-state index contributed by atoms with van der Waals surface area (Å²) in [6.07, 6.45) is 0.760. The van der Waals surface area contributed by atoms with E-state index in [0.717, 1.165) is 6.42 Å². The van der Waals surface area contributed by atoms with Crippen LogP contribution >= 0.6 is 0 Å². The minimum Gasteiger partial charge on any atom is -0.466 e. The number of hydrogen-bond donors (Lipinski definition) is 2. The Hall–Kier alpha value is -2.31. The van der Waals surface area contributed by atoms with Crippen molar-refractivity contribution in [2.24, 2.45) is 0 Å². The zero-order chi connectivity index (χ0) is 15.1. The number of rotatable bonds is 5. The van der Waals surface area contributed by atoms with Gasteiger partial charge >= 0.3 is 12.0 Å². The molecule has 0 aliphatic rings.